The summed E-state index contributed by atoms with van der Waals surface area (Å²) in [4.78, 5) is 41.1. The normalized spacial score (nSPS) is 20.5. The Bertz CT molecular complexity index is 1020. The van der Waals surface area contributed by atoms with E-state index >= 15 is 0 Å². The Labute approximate surface area is 195 Å². The van der Waals surface area contributed by atoms with Crippen LogP contribution in [-0.2, 0) is 22.4 Å². The molecule has 0 bridgehead atoms. The number of aryl methyl sites for hydroxylation is 1. The maximum absolute atomic E-state index is 13.1. The van der Waals surface area contributed by atoms with E-state index in [4.69, 9.17) is 9.97 Å². The Morgan fingerprint density at radius 2 is 1.79 bits per heavy atom. The van der Waals surface area contributed by atoms with Gasteiger partial charge in [-0.3, -0.25) is 9.59 Å². The first kappa shape index (κ1) is 21.9. The molecule has 2 aromatic rings. The minimum atomic E-state index is -0.0999. The highest BCUT2D eigenvalue weighted by atomic mass is 16.2. The summed E-state index contributed by atoms with van der Waals surface area (Å²) >= 11 is 0. The number of anilines is 1. The highest BCUT2D eigenvalue weighted by Crippen LogP contribution is 2.34. The first-order valence-electron chi connectivity index (χ1n) is 12.3. The maximum atomic E-state index is 13.1. The lowest BCUT2D eigenvalue weighted by Crippen LogP contribution is -2.41. The summed E-state index contributed by atoms with van der Waals surface area (Å²) in [6.45, 7) is 5.59. The molecule has 3 aliphatic rings. The minimum absolute atomic E-state index is 0.0210. The number of hydrogen-bond acceptors (Lipinski definition) is 5. The molecule has 0 radical (unpaired) electrons. The molecule has 7 nitrogen and oxygen atoms in total. The van der Waals surface area contributed by atoms with Gasteiger partial charge in [0.1, 0.15) is 5.82 Å². The summed E-state index contributed by atoms with van der Waals surface area (Å²) in [5.74, 6) is 1.92. The number of amides is 2. The van der Waals surface area contributed by atoms with Crippen LogP contribution in [0.15, 0.2) is 30.3 Å². The van der Waals surface area contributed by atoms with Crippen molar-refractivity contribution in [3.05, 3.63) is 53.0 Å². The largest absolute Gasteiger partial charge is 0.356 e. The number of nitrogens with zero attached hydrogens (tertiary/aromatic N) is 5. The summed E-state index contributed by atoms with van der Waals surface area (Å²) in [5.41, 5.74) is 3.62. The molecule has 33 heavy (non-hydrogen) atoms. The van der Waals surface area contributed by atoms with Crippen molar-refractivity contribution in [2.45, 2.75) is 57.9 Å². The molecule has 2 saturated heterocycles. The third-order valence-corrected chi connectivity index (χ3v) is 7.25. The third-order valence-electron chi connectivity index (χ3n) is 7.25. The van der Waals surface area contributed by atoms with Crippen LogP contribution in [0.4, 0.5) is 5.82 Å². The summed E-state index contributed by atoms with van der Waals surface area (Å²) < 4.78 is 0. The van der Waals surface area contributed by atoms with Crippen molar-refractivity contribution in [1.29, 1.82) is 0 Å². The molecule has 0 N–H and O–H groups in total. The first-order chi connectivity index (χ1) is 16.1. The Kier molecular flexibility index (Phi) is 6.29. The maximum Gasteiger partial charge on any atom is 0.242 e. The molecule has 2 fully saturated rings. The molecular weight excluding hydrogens is 414 g/mol. The molecule has 0 spiro atoms. The van der Waals surface area contributed by atoms with Crippen LogP contribution < -0.4 is 4.90 Å². The molecule has 7 heteroatoms. The van der Waals surface area contributed by atoms with Gasteiger partial charge in [0.2, 0.25) is 11.8 Å². The van der Waals surface area contributed by atoms with Crippen LogP contribution in [0, 0.1) is 6.92 Å². The highest BCUT2D eigenvalue weighted by molar-refractivity contribution is 5.86. The van der Waals surface area contributed by atoms with Gasteiger partial charge in [0.15, 0.2) is 5.82 Å². The quantitative estimate of drug-likeness (QED) is 0.681. The Balaban J connectivity index is 1.35. The van der Waals surface area contributed by atoms with Crippen molar-refractivity contribution in [1.82, 2.24) is 19.8 Å². The average Bonchev–Trinajstić information content (AvgIpc) is 3.48. The number of benzene rings is 1. The van der Waals surface area contributed by atoms with Crippen molar-refractivity contribution < 1.29 is 9.59 Å². The standard InChI is InChI=1S/C26H33N5O2/c1-19-21-10-5-14-29(17-13-20-8-3-2-4-9-20)26(21)28-25(27-19)22-11-6-16-31(22)24(33)18-30-15-7-12-23(30)32/h2-4,8-9,22H,5-7,10-18H2,1H3/t22-/m1/s1. The summed E-state index contributed by atoms with van der Waals surface area (Å²) in [6.07, 6.45) is 6.33. The molecule has 4 heterocycles. The second kappa shape index (κ2) is 9.49. The first-order valence-corrected chi connectivity index (χ1v) is 12.3. The number of aromatic nitrogens is 2. The van der Waals surface area contributed by atoms with Crippen LogP contribution in [0.2, 0.25) is 0 Å². The van der Waals surface area contributed by atoms with Crippen molar-refractivity contribution in [3.8, 4) is 0 Å². The van der Waals surface area contributed by atoms with Gasteiger partial charge in [-0.2, -0.15) is 0 Å². The molecule has 2 amide bonds. The predicted octanol–water partition coefficient (Wildman–Crippen LogP) is 3.07. The summed E-state index contributed by atoms with van der Waals surface area (Å²) in [6, 6.07) is 10.5. The molecule has 1 aromatic carbocycles. The molecular formula is C26H33N5O2. The summed E-state index contributed by atoms with van der Waals surface area (Å²) in [7, 11) is 0. The van der Waals surface area contributed by atoms with Gasteiger partial charge in [-0.05, 0) is 51.0 Å². The minimum Gasteiger partial charge on any atom is -0.356 e. The zero-order chi connectivity index (χ0) is 22.8. The monoisotopic (exact) mass is 447 g/mol. The van der Waals surface area contributed by atoms with E-state index in [2.05, 4.69) is 42.2 Å². The van der Waals surface area contributed by atoms with E-state index in [-0.39, 0.29) is 24.4 Å². The van der Waals surface area contributed by atoms with Gasteiger partial charge >= 0.3 is 0 Å². The fourth-order valence-electron chi connectivity index (χ4n) is 5.44. The van der Waals surface area contributed by atoms with Gasteiger partial charge in [-0.1, -0.05) is 30.3 Å². The lowest BCUT2D eigenvalue weighted by atomic mass is 10.0. The highest BCUT2D eigenvalue weighted by Gasteiger charge is 2.35. The number of likely N-dealkylation sites (tertiary alicyclic amines) is 2. The Morgan fingerprint density at radius 3 is 2.58 bits per heavy atom. The molecule has 1 atom stereocenters. The Hall–Kier alpha value is -2.96. The van der Waals surface area contributed by atoms with Crippen LogP contribution in [0.3, 0.4) is 0 Å². The molecule has 5 rings (SSSR count). The predicted molar refractivity (Wildman–Crippen MR) is 127 cm³/mol. The molecule has 3 aliphatic heterocycles. The number of carbonyl (C=O) groups excluding carboxylic acids is 2. The molecule has 1 aromatic heterocycles. The second-order valence-electron chi connectivity index (χ2n) is 9.46. The van der Waals surface area contributed by atoms with E-state index in [0.29, 0.717) is 19.5 Å². The molecule has 0 saturated carbocycles. The zero-order valence-corrected chi connectivity index (χ0v) is 19.5. The lowest BCUT2D eigenvalue weighted by molar-refractivity contribution is -0.139. The molecule has 0 unspecified atom stereocenters. The number of fused-ring (bicyclic) bond motifs is 1. The lowest BCUT2D eigenvalue weighted by Gasteiger charge is -2.32. The van der Waals surface area contributed by atoms with E-state index in [9.17, 15) is 9.59 Å². The molecule has 174 valence electrons. The number of carbonyl (C=O) groups is 2. The van der Waals surface area contributed by atoms with Crippen LogP contribution >= 0.6 is 0 Å². The van der Waals surface area contributed by atoms with Crippen LogP contribution in [0.5, 0.6) is 0 Å². The SMILES string of the molecule is Cc1nc([C@H]2CCCN2C(=O)CN2CCCC2=O)nc2c1CCCN2CCc1ccccc1. The molecule has 0 aliphatic carbocycles. The fourth-order valence-corrected chi connectivity index (χ4v) is 5.44. The van der Waals surface area contributed by atoms with Crippen molar-refractivity contribution in [2.24, 2.45) is 0 Å². The van der Waals surface area contributed by atoms with Gasteiger partial charge in [0, 0.05) is 43.9 Å². The van der Waals surface area contributed by atoms with Gasteiger partial charge in [-0.25, -0.2) is 9.97 Å². The van der Waals surface area contributed by atoms with Gasteiger partial charge < -0.3 is 14.7 Å². The topological polar surface area (TPSA) is 69.6 Å². The van der Waals surface area contributed by atoms with Crippen molar-refractivity contribution in [3.63, 3.8) is 0 Å². The van der Waals surface area contributed by atoms with Crippen molar-refractivity contribution in [2.75, 3.05) is 37.6 Å². The van der Waals surface area contributed by atoms with Crippen LogP contribution in [-0.4, -0.2) is 64.3 Å². The fraction of sp³-hybridized carbons (Fsp3) is 0.538. The summed E-state index contributed by atoms with van der Waals surface area (Å²) in [5, 5.41) is 0. The van der Waals surface area contributed by atoms with Crippen LogP contribution in [0.1, 0.15) is 60.8 Å². The number of hydrogen-bond donors (Lipinski definition) is 0. The van der Waals surface area contributed by atoms with Gasteiger partial charge in [0.25, 0.3) is 0 Å². The van der Waals surface area contributed by atoms with E-state index in [1.165, 1.54) is 11.1 Å². The van der Waals surface area contributed by atoms with E-state index in [1.54, 1.807) is 4.90 Å². The van der Waals surface area contributed by atoms with Gasteiger partial charge in [0.05, 0.1) is 12.6 Å². The second-order valence-corrected chi connectivity index (χ2v) is 9.46. The smallest absolute Gasteiger partial charge is 0.242 e. The van der Waals surface area contributed by atoms with Crippen molar-refractivity contribution >= 4 is 17.6 Å². The van der Waals surface area contributed by atoms with Gasteiger partial charge in [-0.15, -0.1) is 0 Å². The average molecular weight is 448 g/mol. The third kappa shape index (κ3) is 4.59. The van der Waals surface area contributed by atoms with E-state index in [0.717, 1.165) is 69.0 Å². The number of rotatable bonds is 6. The van der Waals surface area contributed by atoms with E-state index < -0.39 is 0 Å². The van der Waals surface area contributed by atoms with Crippen LogP contribution in [0.25, 0.3) is 0 Å². The zero-order valence-electron chi connectivity index (χ0n) is 19.5. The Morgan fingerprint density at radius 1 is 1.00 bits per heavy atom. The van der Waals surface area contributed by atoms with E-state index in [1.807, 2.05) is 4.90 Å².